The third-order valence-electron chi connectivity index (χ3n) is 3.36. The van der Waals surface area contributed by atoms with E-state index in [0.717, 1.165) is 0 Å². The fourth-order valence-corrected chi connectivity index (χ4v) is 2.13. The predicted molar refractivity (Wildman–Crippen MR) is 59.7 cm³/mol. The monoisotopic (exact) mass is 282 g/mol. The molecule has 0 saturated heterocycles. The zero-order chi connectivity index (χ0) is 14.6. The minimum Gasteiger partial charge on any atom is -0.381 e. The largest absolute Gasteiger partial charge is 0.391 e. The lowest BCUT2D eigenvalue weighted by Gasteiger charge is -2.29. The van der Waals surface area contributed by atoms with Gasteiger partial charge in [-0.05, 0) is 25.7 Å². The van der Waals surface area contributed by atoms with Crippen LogP contribution in [0.1, 0.15) is 25.7 Å². The Bertz CT molecular complexity index is 339. The van der Waals surface area contributed by atoms with Crippen molar-refractivity contribution in [2.45, 2.75) is 38.0 Å². The van der Waals surface area contributed by atoms with Crippen molar-refractivity contribution in [2.24, 2.45) is 17.6 Å². The molecule has 5 nitrogen and oxygen atoms in total. The second-order valence-electron chi connectivity index (χ2n) is 4.75. The molecular formula is C11H17F3N2O3. The number of carbonyl (C=O) groups is 2. The fourth-order valence-electron chi connectivity index (χ4n) is 2.13. The first-order valence-corrected chi connectivity index (χ1v) is 6.03. The summed E-state index contributed by atoms with van der Waals surface area (Å²) < 4.78 is 37.3. The molecule has 1 rings (SSSR count). The van der Waals surface area contributed by atoms with Crippen LogP contribution in [-0.4, -0.2) is 35.7 Å². The number of nitrogens with one attached hydrogen (secondary N) is 1. The van der Waals surface area contributed by atoms with E-state index >= 15 is 0 Å². The van der Waals surface area contributed by atoms with Crippen LogP contribution in [0.5, 0.6) is 0 Å². The van der Waals surface area contributed by atoms with Crippen LogP contribution in [0.2, 0.25) is 0 Å². The number of carbonyl (C=O) groups excluding carboxylic acids is 2. The molecule has 0 radical (unpaired) electrons. The van der Waals surface area contributed by atoms with Crippen LogP contribution in [0.3, 0.4) is 0 Å². The van der Waals surface area contributed by atoms with Gasteiger partial charge in [0.15, 0.2) is 0 Å². The highest BCUT2D eigenvalue weighted by Crippen LogP contribution is 2.39. The van der Waals surface area contributed by atoms with Gasteiger partial charge in [0, 0.05) is 5.92 Å². The Morgan fingerprint density at radius 3 is 2.21 bits per heavy atom. The highest BCUT2D eigenvalue weighted by Gasteiger charge is 2.42. The van der Waals surface area contributed by atoms with E-state index < -0.39 is 35.9 Å². The van der Waals surface area contributed by atoms with Gasteiger partial charge in [-0.3, -0.25) is 9.59 Å². The summed E-state index contributed by atoms with van der Waals surface area (Å²) in [5.41, 5.74) is 4.80. The number of aliphatic hydroxyl groups excluding tert-OH is 1. The zero-order valence-electron chi connectivity index (χ0n) is 10.2. The number of halogens is 3. The Hall–Kier alpha value is -1.31. The summed E-state index contributed by atoms with van der Waals surface area (Å²) in [5.74, 6) is -3.24. The zero-order valence-corrected chi connectivity index (χ0v) is 10.2. The lowest BCUT2D eigenvalue weighted by Crippen LogP contribution is -2.43. The maximum atomic E-state index is 12.4. The van der Waals surface area contributed by atoms with Gasteiger partial charge < -0.3 is 16.2 Å². The second kappa shape index (κ2) is 6.23. The molecule has 110 valence electrons. The molecule has 1 atom stereocenters. The highest BCUT2D eigenvalue weighted by molar-refractivity contribution is 5.82. The van der Waals surface area contributed by atoms with Crippen molar-refractivity contribution in [1.29, 1.82) is 0 Å². The molecule has 2 amide bonds. The number of hydrogen-bond donors (Lipinski definition) is 3. The number of aliphatic hydroxyl groups is 1. The number of alkyl halides is 3. The SMILES string of the molecule is NC(=O)C(O)CNC(=O)C1CCC(C(F)(F)F)CC1. The molecule has 19 heavy (non-hydrogen) atoms. The summed E-state index contributed by atoms with van der Waals surface area (Å²) in [6, 6.07) is 0. The molecule has 8 heteroatoms. The fraction of sp³-hybridized carbons (Fsp3) is 0.818. The summed E-state index contributed by atoms with van der Waals surface area (Å²) >= 11 is 0. The Balaban J connectivity index is 2.35. The maximum absolute atomic E-state index is 12.4. The summed E-state index contributed by atoms with van der Waals surface area (Å²) in [5, 5.41) is 11.4. The van der Waals surface area contributed by atoms with Gasteiger partial charge in [0.1, 0.15) is 6.10 Å². The molecule has 0 bridgehead atoms. The molecule has 0 aliphatic heterocycles. The van der Waals surface area contributed by atoms with E-state index in [1.54, 1.807) is 0 Å². The van der Waals surface area contributed by atoms with Crippen molar-refractivity contribution >= 4 is 11.8 Å². The van der Waals surface area contributed by atoms with E-state index in [2.05, 4.69) is 5.32 Å². The average molecular weight is 282 g/mol. The lowest BCUT2D eigenvalue weighted by molar-refractivity contribution is -0.184. The Labute approximate surface area is 108 Å². The van der Waals surface area contributed by atoms with Gasteiger partial charge in [0.2, 0.25) is 11.8 Å². The van der Waals surface area contributed by atoms with E-state index in [-0.39, 0.29) is 32.2 Å². The number of rotatable bonds is 4. The van der Waals surface area contributed by atoms with Crippen molar-refractivity contribution < 1.29 is 27.9 Å². The van der Waals surface area contributed by atoms with Gasteiger partial charge in [-0.1, -0.05) is 0 Å². The summed E-state index contributed by atoms with van der Waals surface area (Å²) in [6.07, 6.45) is -5.51. The summed E-state index contributed by atoms with van der Waals surface area (Å²) in [7, 11) is 0. The average Bonchev–Trinajstić information content (AvgIpc) is 2.34. The molecule has 0 spiro atoms. The minimum atomic E-state index is -4.20. The third-order valence-corrected chi connectivity index (χ3v) is 3.36. The molecule has 0 aromatic rings. The van der Waals surface area contributed by atoms with Gasteiger partial charge in [-0.2, -0.15) is 13.2 Å². The number of primary amides is 1. The van der Waals surface area contributed by atoms with Crippen molar-refractivity contribution in [2.75, 3.05) is 6.54 Å². The molecule has 1 aliphatic rings. The van der Waals surface area contributed by atoms with E-state index in [4.69, 9.17) is 10.8 Å². The van der Waals surface area contributed by atoms with E-state index in [9.17, 15) is 22.8 Å². The van der Waals surface area contributed by atoms with Gasteiger partial charge >= 0.3 is 6.18 Å². The van der Waals surface area contributed by atoms with Crippen LogP contribution < -0.4 is 11.1 Å². The highest BCUT2D eigenvalue weighted by atomic mass is 19.4. The first kappa shape index (κ1) is 15.7. The van der Waals surface area contributed by atoms with Crippen LogP contribution in [0.4, 0.5) is 13.2 Å². The van der Waals surface area contributed by atoms with E-state index in [1.807, 2.05) is 0 Å². The lowest BCUT2D eigenvalue weighted by atomic mass is 9.81. The molecule has 0 aromatic carbocycles. The number of hydrogen-bond acceptors (Lipinski definition) is 3. The van der Waals surface area contributed by atoms with Crippen molar-refractivity contribution in [3.05, 3.63) is 0 Å². The normalized spacial score (nSPS) is 25.7. The minimum absolute atomic E-state index is 0.0695. The van der Waals surface area contributed by atoms with Gasteiger partial charge in [0.25, 0.3) is 0 Å². The Kier molecular flexibility index (Phi) is 5.16. The number of amides is 2. The molecule has 1 aliphatic carbocycles. The summed E-state index contributed by atoms with van der Waals surface area (Å²) in [6.45, 7) is -0.312. The molecule has 1 saturated carbocycles. The van der Waals surface area contributed by atoms with E-state index in [0.29, 0.717) is 0 Å². The second-order valence-corrected chi connectivity index (χ2v) is 4.75. The topological polar surface area (TPSA) is 92.4 Å². The first-order chi connectivity index (χ1) is 8.71. The predicted octanol–water partition coefficient (Wildman–Crippen LogP) is 0.317. The third kappa shape index (κ3) is 4.70. The smallest absolute Gasteiger partial charge is 0.381 e. The molecule has 0 aromatic heterocycles. The van der Waals surface area contributed by atoms with Gasteiger partial charge in [-0.15, -0.1) is 0 Å². The molecular weight excluding hydrogens is 265 g/mol. The van der Waals surface area contributed by atoms with Crippen molar-refractivity contribution in [3.8, 4) is 0 Å². The van der Waals surface area contributed by atoms with Gasteiger partial charge in [-0.25, -0.2) is 0 Å². The van der Waals surface area contributed by atoms with Gasteiger partial charge in [0.05, 0.1) is 12.5 Å². The maximum Gasteiger partial charge on any atom is 0.391 e. The van der Waals surface area contributed by atoms with Crippen molar-refractivity contribution in [1.82, 2.24) is 5.32 Å². The van der Waals surface area contributed by atoms with Crippen molar-refractivity contribution in [3.63, 3.8) is 0 Å². The molecule has 1 unspecified atom stereocenters. The van der Waals surface area contributed by atoms with Crippen LogP contribution in [0, 0.1) is 11.8 Å². The quantitative estimate of drug-likeness (QED) is 0.693. The van der Waals surface area contributed by atoms with Crippen LogP contribution in [0.15, 0.2) is 0 Å². The Morgan fingerprint density at radius 2 is 1.79 bits per heavy atom. The van der Waals surface area contributed by atoms with Crippen LogP contribution in [0.25, 0.3) is 0 Å². The molecule has 0 heterocycles. The standard InChI is InChI=1S/C11H17F3N2O3/c12-11(13,14)7-3-1-6(2-4-7)10(19)16-5-8(17)9(15)18/h6-8,17H,1-5H2,(H2,15,18)(H,16,19). The van der Waals surface area contributed by atoms with Crippen LogP contribution in [-0.2, 0) is 9.59 Å². The summed E-state index contributed by atoms with van der Waals surface area (Å²) in [4.78, 5) is 22.2. The molecule has 1 fully saturated rings. The van der Waals surface area contributed by atoms with E-state index in [1.165, 1.54) is 0 Å². The number of nitrogens with two attached hydrogens (primary N) is 1. The Morgan fingerprint density at radius 1 is 1.26 bits per heavy atom. The molecule has 4 N–H and O–H groups in total. The first-order valence-electron chi connectivity index (χ1n) is 6.03. The van der Waals surface area contributed by atoms with Crippen LogP contribution >= 0.6 is 0 Å².